The minimum absolute atomic E-state index is 0.0165. The number of rotatable bonds is 11. The van der Waals surface area contributed by atoms with Gasteiger partial charge in [-0.15, -0.1) is 0 Å². The van der Waals surface area contributed by atoms with Crippen LogP contribution in [-0.4, -0.2) is 73.5 Å². The van der Waals surface area contributed by atoms with Gasteiger partial charge in [0.05, 0.1) is 5.41 Å². The number of benzene rings is 1. The fourth-order valence-electron chi connectivity index (χ4n) is 4.80. The van der Waals surface area contributed by atoms with Crippen LogP contribution in [0.2, 0.25) is 0 Å². The zero-order valence-corrected chi connectivity index (χ0v) is 19.4. The molecule has 8 nitrogen and oxygen atoms in total. The molecule has 3 amide bonds. The summed E-state index contributed by atoms with van der Waals surface area (Å²) in [6.45, 7) is 3.49. The van der Waals surface area contributed by atoms with Crippen LogP contribution in [0.15, 0.2) is 30.3 Å². The van der Waals surface area contributed by atoms with Crippen LogP contribution in [0.4, 0.5) is 0 Å². The monoisotopic (exact) mass is 444 g/mol. The van der Waals surface area contributed by atoms with Gasteiger partial charge in [-0.25, -0.2) is 0 Å². The van der Waals surface area contributed by atoms with Crippen molar-refractivity contribution in [1.82, 2.24) is 20.7 Å². The van der Waals surface area contributed by atoms with Crippen LogP contribution in [0.3, 0.4) is 0 Å². The van der Waals surface area contributed by atoms with Crippen molar-refractivity contribution in [2.24, 2.45) is 0 Å². The second-order valence-electron chi connectivity index (χ2n) is 8.98. The molecule has 2 heterocycles. The quantitative estimate of drug-likeness (QED) is 0.398. The number of nitrogens with one attached hydrogen (secondary N) is 2. The molecule has 2 aliphatic rings. The molecule has 0 saturated carbocycles. The Morgan fingerprint density at radius 2 is 1.94 bits per heavy atom. The number of hydrogen-bond acceptors (Lipinski definition) is 6. The summed E-state index contributed by atoms with van der Waals surface area (Å²) in [4.78, 5) is 42.6. The van der Waals surface area contributed by atoms with Gasteiger partial charge < -0.3 is 9.64 Å². The Balaban J connectivity index is 1.73. The predicted octanol–water partition coefficient (Wildman–Crippen LogP) is 1.60. The number of hydrogen-bond donors (Lipinski definition) is 2. The van der Waals surface area contributed by atoms with Crippen molar-refractivity contribution in [1.29, 1.82) is 0 Å². The molecule has 2 fully saturated rings. The van der Waals surface area contributed by atoms with Crippen molar-refractivity contribution in [3.05, 3.63) is 35.9 Å². The van der Waals surface area contributed by atoms with E-state index in [0.29, 0.717) is 32.2 Å². The highest BCUT2D eigenvalue weighted by Crippen LogP contribution is 2.40. The van der Waals surface area contributed by atoms with E-state index in [2.05, 4.69) is 17.8 Å². The number of carbonyl (C=O) groups excluding carboxylic acids is 3. The van der Waals surface area contributed by atoms with E-state index in [1.165, 1.54) is 4.90 Å². The third kappa shape index (κ3) is 5.36. The Bertz CT molecular complexity index is 802. The van der Waals surface area contributed by atoms with E-state index >= 15 is 0 Å². The zero-order chi connectivity index (χ0) is 23.1. The Morgan fingerprint density at radius 1 is 1.22 bits per heavy atom. The summed E-state index contributed by atoms with van der Waals surface area (Å²) in [5.41, 5.74) is 6.15. The number of hydrazine groups is 1. The van der Waals surface area contributed by atoms with Crippen molar-refractivity contribution in [3.8, 4) is 0 Å². The fourth-order valence-corrected chi connectivity index (χ4v) is 4.80. The van der Waals surface area contributed by atoms with Crippen molar-refractivity contribution < 1.29 is 19.1 Å². The number of nitrogens with zero attached hydrogens (tertiary/aromatic N) is 2. The van der Waals surface area contributed by atoms with E-state index in [9.17, 15) is 14.4 Å². The van der Waals surface area contributed by atoms with Crippen LogP contribution in [0.25, 0.3) is 0 Å². The van der Waals surface area contributed by atoms with Crippen molar-refractivity contribution >= 4 is 17.7 Å². The normalized spacial score (nSPS) is 25.5. The Kier molecular flexibility index (Phi) is 8.39. The molecule has 0 bridgehead atoms. The number of likely N-dealkylation sites (N-methyl/N-ethyl adjacent to an activating group) is 1. The molecule has 3 unspecified atom stereocenters. The van der Waals surface area contributed by atoms with Crippen LogP contribution in [0, 0.1) is 0 Å². The summed E-state index contributed by atoms with van der Waals surface area (Å²) in [5, 5.41) is 0. The first-order valence-electron chi connectivity index (χ1n) is 11.6. The third-order valence-corrected chi connectivity index (χ3v) is 6.54. The molecule has 0 aliphatic carbocycles. The van der Waals surface area contributed by atoms with Crippen LogP contribution in [-0.2, 0) is 24.5 Å². The first kappa shape index (κ1) is 24.4. The van der Waals surface area contributed by atoms with E-state index in [4.69, 9.17) is 4.74 Å². The van der Waals surface area contributed by atoms with Crippen LogP contribution in [0.1, 0.15) is 51.0 Å². The molecule has 0 aromatic heterocycles. The number of imide groups is 1. The van der Waals surface area contributed by atoms with E-state index in [1.54, 1.807) is 19.1 Å². The largest absolute Gasteiger partial charge is 0.385 e. The number of carbonyl (C=O) groups is 3. The van der Waals surface area contributed by atoms with Gasteiger partial charge in [0.2, 0.25) is 17.7 Å². The highest BCUT2D eigenvalue weighted by atomic mass is 16.5. The SMILES string of the molecule is CCCC1CC(CN(C)C(=O)CC2(c3ccccc3)CC(=O)N(CCCOC)C2=O)NN1. The van der Waals surface area contributed by atoms with Gasteiger partial charge in [0.15, 0.2) is 0 Å². The minimum atomic E-state index is -1.15. The second kappa shape index (κ2) is 11.0. The van der Waals surface area contributed by atoms with E-state index < -0.39 is 5.41 Å². The van der Waals surface area contributed by atoms with Crippen molar-refractivity contribution in [2.75, 3.05) is 33.9 Å². The zero-order valence-electron chi connectivity index (χ0n) is 19.4. The first-order valence-corrected chi connectivity index (χ1v) is 11.6. The van der Waals surface area contributed by atoms with Gasteiger partial charge in [0.25, 0.3) is 0 Å². The van der Waals surface area contributed by atoms with Gasteiger partial charge in [-0.2, -0.15) is 0 Å². The molecular weight excluding hydrogens is 408 g/mol. The lowest BCUT2D eigenvalue weighted by Gasteiger charge is -2.30. The maximum atomic E-state index is 13.5. The number of ether oxygens (including phenoxy) is 1. The van der Waals surface area contributed by atoms with Crippen molar-refractivity contribution in [2.45, 2.75) is 62.9 Å². The lowest BCUT2D eigenvalue weighted by molar-refractivity contribution is -0.142. The molecular formula is C24H36N4O4. The summed E-state index contributed by atoms with van der Waals surface area (Å²) in [7, 11) is 3.36. The second-order valence-corrected chi connectivity index (χ2v) is 8.98. The molecule has 3 atom stereocenters. The molecule has 2 saturated heterocycles. The molecule has 0 spiro atoms. The lowest BCUT2D eigenvalue weighted by atomic mass is 9.75. The minimum Gasteiger partial charge on any atom is -0.385 e. The fraction of sp³-hybridized carbons (Fsp3) is 0.625. The molecule has 3 rings (SSSR count). The Labute approximate surface area is 190 Å². The summed E-state index contributed by atoms with van der Waals surface area (Å²) in [6.07, 6.45) is 3.73. The molecule has 32 heavy (non-hydrogen) atoms. The maximum absolute atomic E-state index is 13.5. The molecule has 1 aromatic rings. The van der Waals surface area contributed by atoms with Gasteiger partial charge in [-0.05, 0) is 24.8 Å². The topological polar surface area (TPSA) is 91.0 Å². The molecule has 2 aliphatic heterocycles. The molecule has 2 N–H and O–H groups in total. The highest BCUT2D eigenvalue weighted by Gasteiger charge is 2.53. The molecule has 176 valence electrons. The lowest BCUT2D eigenvalue weighted by Crippen LogP contribution is -2.46. The van der Waals surface area contributed by atoms with Crippen LogP contribution >= 0.6 is 0 Å². The van der Waals surface area contributed by atoms with Crippen LogP contribution < -0.4 is 10.9 Å². The average Bonchev–Trinajstić information content (AvgIpc) is 3.32. The average molecular weight is 445 g/mol. The number of amides is 3. The van der Waals surface area contributed by atoms with Gasteiger partial charge in [0.1, 0.15) is 0 Å². The molecule has 0 radical (unpaired) electrons. The van der Waals surface area contributed by atoms with Crippen molar-refractivity contribution in [3.63, 3.8) is 0 Å². The van der Waals surface area contributed by atoms with Crippen LogP contribution in [0.5, 0.6) is 0 Å². The summed E-state index contributed by atoms with van der Waals surface area (Å²) in [5.74, 6) is -0.640. The Morgan fingerprint density at radius 3 is 2.62 bits per heavy atom. The first-order chi connectivity index (χ1) is 15.4. The summed E-state index contributed by atoms with van der Waals surface area (Å²) >= 11 is 0. The summed E-state index contributed by atoms with van der Waals surface area (Å²) in [6, 6.07) is 9.83. The standard InChI is InChI=1S/C24H36N4O4/c1-4-9-19-14-20(26-25-19)17-27(2)21(29)15-24(18-10-6-5-7-11-18)16-22(30)28(23(24)31)12-8-13-32-3/h5-7,10-11,19-20,25-26H,4,8-9,12-17H2,1-3H3. The smallest absolute Gasteiger partial charge is 0.240 e. The third-order valence-electron chi connectivity index (χ3n) is 6.54. The Hall–Kier alpha value is -2.29. The highest BCUT2D eigenvalue weighted by molar-refractivity contribution is 6.10. The molecule has 1 aromatic carbocycles. The molecule has 8 heteroatoms. The van der Waals surface area contributed by atoms with E-state index in [0.717, 1.165) is 24.8 Å². The number of likely N-dealkylation sites (tertiary alicyclic amines) is 1. The number of methoxy groups -OCH3 is 1. The van der Waals surface area contributed by atoms with E-state index in [1.807, 2.05) is 30.3 Å². The van der Waals surface area contributed by atoms with Gasteiger partial charge in [0, 0.05) is 58.8 Å². The predicted molar refractivity (Wildman–Crippen MR) is 122 cm³/mol. The maximum Gasteiger partial charge on any atom is 0.240 e. The van der Waals surface area contributed by atoms with E-state index in [-0.39, 0.29) is 36.6 Å². The van der Waals surface area contributed by atoms with Gasteiger partial charge >= 0.3 is 0 Å². The van der Waals surface area contributed by atoms with Gasteiger partial charge in [-0.3, -0.25) is 30.1 Å². The van der Waals surface area contributed by atoms with Gasteiger partial charge in [-0.1, -0.05) is 43.7 Å². The summed E-state index contributed by atoms with van der Waals surface area (Å²) < 4.78 is 5.07.